The summed E-state index contributed by atoms with van der Waals surface area (Å²) in [6.45, 7) is 0.903. The Morgan fingerprint density at radius 1 is 0.957 bits per heavy atom. The van der Waals surface area contributed by atoms with Crippen molar-refractivity contribution in [2.75, 3.05) is 18.4 Å². The summed E-state index contributed by atoms with van der Waals surface area (Å²) < 4.78 is 0. The van der Waals surface area contributed by atoms with Gasteiger partial charge < -0.3 is 21.1 Å². The normalized spacial score (nSPS) is 9.78. The average molecular weight is 321 g/mol. The molecule has 23 heavy (non-hydrogen) atoms. The number of amides is 3. The van der Waals surface area contributed by atoms with E-state index in [0.717, 1.165) is 5.56 Å². The lowest BCUT2D eigenvalue weighted by atomic mass is 10.1. The quantitative estimate of drug-likeness (QED) is 0.532. The molecule has 0 bridgehead atoms. The molecule has 0 saturated carbocycles. The van der Waals surface area contributed by atoms with Gasteiger partial charge in [0.1, 0.15) is 0 Å². The number of carboxylic acids is 1. The summed E-state index contributed by atoms with van der Waals surface area (Å²) in [4.78, 5) is 44.1. The highest BCUT2D eigenvalue weighted by molar-refractivity contribution is 5.95. The predicted octanol–water partition coefficient (Wildman–Crippen LogP) is -0.105. The van der Waals surface area contributed by atoms with Gasteiger partial charge in [0.25, 0.3) is 0 Å². The maximum atomic E-state index is 11.7. The largest absolute Gasteiger partial charge is 0.481 e. The maximum absolute atomic E-state index is 11.7. The van der Waals surface area contributed by atoms with Crippen LogP contribution in [0.25, 0.3) is 0 Å². The smallest absolute Gasteiger partial charge is 0.303 e. The van der Waals surface area contributed by atoms with Crippen molar-refractivity contribution in [3.05, 3.63) is 29.8 Å². The summed E-state index contributed by atoms with van der Waals surface area (Å²) in [5.41, 5.74) is 1.40. The average Bonchev–Trinajstić information content (AvgIpc) is 2.50. The molecule has 124 valence electrons. The summed E-state index contributed by atoms with van der Waals surface area (Å²) in [7, 11) is 0. The van der Waals surface area contributed by atoms with Crippen molar-refractivity contribution >= 4 is 29.4 Å². The second-order valence-corrected chi connectivity index (χ2v) is 4.83. The molecule has 1 aromatic carbocycles. The minimum absolute atomic E-state index is 0.0477. The SMILES string of the molecule is CC(=O)NCC(=O)NCC(=O)Nc1ccc(CCC(=O)O)cc1. The van der Waals surface area contributed by atoms with Crippen molar-refractivity contribution in [1.29, 1.82) is 0 Å². The van der Waals surface area contributed by atoms with Crippen molar-refractivity contribution in [2.45, 2.75) is 19.8 Å². The van der Waals surface area contributed by atoms with Crippen LogP contribution in [0.3, 0.4) is 0 Å². The lowest BCUT2D eigenvalue weighted by Gasteiger charge is -2.08. The van der Waals surface area contributed by atoms with E-state index in [0.29, 0.717) is 12.1 Å². The Kier molecular flexibility index (Phi) is 7.25. The number of benzene rings is 1. The summed E-state index contributed by atoms with van der Waals surface area (Å²) in [6, 6.07) is 6.78. The fourth-order valence-electron chi connectivity index (χ4n) is 1.66. The van der Waals surface area contributed by atoms with E-state index in [1.54, 1.807) is 24.3 Å². The van der Waals surface area contributed by atoms with E-state index >= 15 is 0 Å². The fourth-order valence-corrected chi connectivity index (χ4v) is 1.66. The molecule has 0 unspecified atom stereocenters. The first-order chi connectivity index (χ1) is 10.9. The molecule has 0 aliphatic rings. The number of carboxylic acid groups (broad SMARTS) is 1. The lowest BCUT2D eigenvalue weighted by Crippen LogP contribution is -2.39. The summed E-state index contributed by atoms with van der Waals surface area (Å²) in [5, 5.41) is 15.9. The molecule has 1 rings (SSSR count). The van der Waals surface area contributed by atoms with Crippen LogP contribution in [-0.2, 0) is 25.6 Å². The van der Waals surface area contributed by atoms with Crippen molar-refractivity contribution in [1.82, 2.24) is 10.6 Å². The number of nitrogens with one attached hydrogen (secondary N) is 3. The molecule has 0 aromatic heterocycles. The van der Waals surface area contributed by atoms with Crippen molar-refractivity contribution < 1.29 is 24.3 Å². The number of carbonyl (C=O) groups is 4. The third-order valence-electron chi connectivity index (χ3n) is 2.81. The van der Waals surface area contributed by atoms with Gasteiger partial charge in [0, 0.05) is 19.0 Å². The fraction of sp³-hybridized carbons (Fsp3) is 0.333. The first-order valence-corrected chi connectivity index (χ1v) is 6.98. The van der Waals surface area contributed by atoms with Gasteiger partial charge in [0.2, 0.25) is 17.7 Å². The molecule has 8 heteroatoms. The first kappa shape index (κ1) is 18.1. The summed E-state index contributed by atoms with van der Waals surface area (Å²) >= 11 is 0. The number of anilines is 1. The number of rotatable bonds is 8. The number of aliphatic carboxylic acids is 1. The van der Waals surface area contributed by atoms with Crippen molar-refractivity contribution in [3.63, 3.8) is 0 Å². The van der Waals surface area contributed by atoms with Crippen LogP contribution in [-0.4, -0.2) is 41.9 Å². The molecular weight excluding hydrogens is 302 g/mol. The van der Waals surface area contributed by atoms with Crippen LogP contribution < -0.4 is 16.0 Å². The zero-order chi connectivity index (χ0) is 17.2. The summed E-state index contributed by atoms with van der Waals surface area (Å²) in [6.07, 6.45) is 0.467. The van der Waals surface area contributed by atoms with E-state index in [2.05, 4.69) is 16.0 Å². The van der Waals surface area contributed by atoms with Gasteiger partial charge in [0.15, 0.2) is 0 Å². The highest BCUT2D eigenvalue weighted by Crippen LogP contribution is 2.10. The Hall–Kier alpha value is -2.90. The topological polar surface area (TPSA) is 125 Å². The third-order valence-corrected chi connectivity index (χ3v) is 2.81. The number of aryl methyl sites for hydroxylation is 1. The Bertz CT molecular complexity index is 583. The van der Waals surface area contributed by atoms with E-state index in [1.165, 1.54) is 6.92 Å². The van der Waals surface area contributed by atoms with Crippen LogP contribution in [0.5, 0.6) is 0 Å². The Morgan fingerprint density at radius 2 is 1.57 bits per heavy atom. The molecule has 8 nitrogen and oxygen atoms in total. The molecule has 0 heterocycles. The van der Waals surface area contributed by atoms with E-state index < -0.39 is 17.8 Å². The molecule has 0 fully saturated rings. The highest BCUT2D eigenvalue weighted by Gasteiger charge is 2.06. The van der Waals surface area contributed by atoms with Gasteiger partial charge in [-0.25, -0.2) is 0 Å². The van der Waals surface area contributed by atoms with Gasteiger partial charge >= 0.3 is 5.97 Å². The molecule has 3 amide bonds. The highest BCUT2D eigenvalue weighted by atomic mass is 16.4. The Morgan fingerprint density at radius 3 is 2.13 bits per heavy atom. The number of hydrogen-bond donors (Lipinski definition) is 4. The molecule has 0 aliphatic carbocycles. The maximum Gasteiger partial charge on any atom is 0.303 e. The second kappa shape index (κ2) is 9.19. The van der Waals surface area contributed by atoms with Gasteiger partial charge in [-0.15, -0.1) is 0 Å². The lowest BCUT2D eigenvalue weighted by molar-refractivity contribution is -0.137. The molecule has 4 N–H and O–H groups in total. The monoisotopic (exact) mass is 321 g/mol. The van der Waals surface area contributed by atoms with E-state index in [1.807, 2.05) is 0 Å². The number of carbonyl (C=O) groups excluding carboxylic acids is 3. The van der Waals surface area contributed by atoms with E-state index in [4.69, 9.17) is 5.11 Å². The van der Waals surface area contributed by atoms with Crippen LogP contribution in [0.2, 0.25) is 0 Å². The van der Waals surface area contributed by atoms with E-state index in [9.17, 15) is 19.2 Å². The zero-order valence-corrected chi connectivity index (χ0v) is 12.7. The van der Waals surface area contributed by atoms with E-state index in [-0.39, 0.29) is 25.4 Å². The third kappa shape index (κ3) is 8.20. The first-order valence-electron chi connectivity index (χ1n) is 6.98. The molecule has 0 atom stereocenters. The molecule has 0 aliphatic heterocycles. The Labute approximate surface area is 133 Å². The predicted molar refractivity (Wildman–Crippen MR) is 82.7 cm³/mol. The summed E-state index contributed by atoms with van der Waals surface area (Å²) in [5.74, 6) is -2.05. The Balaban J connectivity index is 2.35. The molecule has 0 saturated heterocycles. The second-order valence-electron chi connectivity index (χ2n) is 4.83. The zero-order valence-electron chi connectivity index (χ0n) is 12.7. The van der Waals surface area contributed by atoms with Crippen molar-refractivity contribution in [2.24, 2.45) is 0 Å². The minimum atomic E-state index is -0.864. The van der Waals surface area contributed by atoms with Crippen LogP contribution in [0, 0.1) is 0 Å². The van der Waals surface area contributed by atoms with Crippen LogP contribution >= 0.6 is 0 Å². The van der Waals surface area contributed by atoms with Gasteiger partial charge in [-0.1, -0.05) is 12.1 Å². The minimum Gasteiger partial charge on any atom is -0.481 e. The van der Waals surface area contributed by atoms with Gasteiger partial charge in [-0.3, -0.25) is 19.2 Å². The van der Waals surface area contributed by atoms with Gasteiger partial charge in [-0.05, 0) is 24.1 Å². The van der Waals surface area contributed by atoms with Gasteiger partial charge in [0.05, 0.1) is 13.1 Å². The molecule has 1 aromatic rings. The molecule has 0 spiro atoms. The van der Waals surface area contributed by atoms with Crippen molar-refractivity contribution in [3.8, 4) is 0 Å². The molecular formula is C15H19N3O5. The van der Waals surface area contributed by atoms with Crippen LogP contribution in [0.4, 0.5) is 5.69 Å². The van der Waals surface area contributed by atoms with Crippen LogP contribution in [0.1, 0.15) is 18.9 Å². The van der Waals surface area contributed by atoms with Gasteiger partial charge in [-0.2, -0.15) is 0 Å². The van der Waals surface area contributed by atoms with Crippen LogP contribution in [0.15, 0.2) is 24.3 Å². The molecule has 0 radical (unpaired) electrons. The number of hydrogen-bond acceptors (Lipinski definition) is 4. The standard InChI is InChI=1S/C15H19N3O5/c1-10(19)16-8-13(20)17-9-14(21)18-12-5-2-11(3-6-12)4-7-15(22)23/h2-3,5-6H,4,7-9H2,1H3,(H,16,19)(H,17,20)(H,18,21)(H,22,23).